The van der Waals surface area contributed by atoms with Crippen LogP contribution in [0.2, 0.25) is 0 Å². The molecular formula is C12H14N4O2S. The number of rotatable bonds is 4. The molecule has 6 nitrogen and oxygen atoms in total. The van der Waals surface area contributed by atoms with Crippen LogP contribution < -0.4 is 0 Å². The van der Waals surface area contributed by atoms with Crippen molar-refractivity contribution in [2.75, 3.05) is 5.75 Å². The van der Waals surface area contributed by atoms with Gasteiger partial charge in [0.2, 0.25) is 9.84 Å². The predicted molar refractivity (Wildman–Crippen MR) is 71.2 cm³/mol. The van der Waals surface area contributed by atoms with Gasteiger partial charge in [0.25, 0.3) is 0 Å². The zero-order chi connectivity index (χ0) is 14.0. The van der Waals surface area contributed by atoms with Crippen molar-refractivity contribution < 1.29 is 8.42 Å². The Kier molecular flexibility index (Phi) is 3.48. The number of sulfone groups is 1. The van der Waals surface area contributed by atoms with Gasteiger partial charge in [0.1, 0.15) is 0 Å². The Labute approximate surface area is 111 Å². The molecule has 0 amide bonds. The van der Waals surface area contributed by atoms with Crippen LogP contribution in [0.5, 0.6) is 0 Å². The van der Waals surface area contributed by atoms with Gasteiger partial charge in [-0.15, -0.1) is 0 Å². The molecule has 100 valence electrons. The number of hydrogen-bond donors (Lipinski definition) is 1. The van der Waals surface area contributed by atoms with Gasteiger partial charge in [-0.1, -0.05) is 6.58 Å². The summed E-state index contributed by atoms with van der Waals surface area (Å²) in [6, 6.07) is 3.23. The van der Waals surface area contributed by atoms with Crippen molar-refractivity contribution in [1.29, 1.82) is 0 Å². The Bertz CT molecular complexity index is 685. The molecule has 2 aromatic rings. The van der Waals surface area contributed by atoms with E-state index in [1.54, 1.807) is 0 Å². The third-order valence-electron chi connectivity index (χ3n) is 2.46. The lowest BCUT2D eigenvalue weighted by atomic mass is 10.3. The first kappa shape index (κ1) is 13.4. The average Bonchev–Trinajstić information content (AvgIpc) is 2.80. The number of H-pyrrole nitrogens is 1. The van der Waals surface area contributed by atoms with Crippen LogP contribution in [0.4, 0.5) is 0 Å². The molecule has 2 aromatic heterocycles. The normalized spacial score (nSPS) is 11.5. The second-order valence-electron chi connectivity index (χ2n) is 4.25. The number of hydrogen-bond acceptors (Lipinski definition) is 5. The number of aromatic nitrogens is 4. The molecule has 0 fully saturated rings. The third kappa shape index (κ3) is 3.05. The highest BCUT2D eigenvalue weighted by molar-refractivity contribution is 7.91. The van der Waals surface area contributed by atoms with E-state index >= 15 is 0 Å². The van der Waals surface area contributed by atoms with E-state index in [0.29, 0.717) is 11.4 Å². The minimum atomic E-state index is -3.51. The number of aromatic amines is 1. The van der Waals surface area contributed by atoms with Crippen LogP contribution in [-0.2, 0) is 9.84 Å². The van der Waals surface area contributed by atoms with E-state index in [2.05, 4.69) is 26.7 Å². The largest absolute Gasteiger partial charge is 0.284 e. The topological polar surface area (TPSA) is 88.6 Å². The molecule has 0 unspecified atom stereocenters. The van der Waals surface area contributed by atoms with Crippen molar-refractivity contribution in [2.45, 2.75) is 18.9 Å². The van der Waals surface area contributed by atoms with E-state index in [-0.39, 0.29) is 10.8 Å². The van der Waals surface area contributed by atoms with Crippen molar-refractivity contribution in [3.05, 3.63) is 42.1 Å². The second-order valence-corrected chi connectivity index (χ2v) is 6.19. The summed E-state index contributed by atoms with van der Waals surface area (Å²) in [4.78, 5) is 8.39. The fourth-order valence-electron chi connectivity index (χ4n) is 1.67. The Balaban J connectivity index is 2.27. The molecule has 1 N–H and O–H groups in total. The molecule has 0 aliphatic heterocycles. The summed E-state index contributed by atoms with van der Waals surface area (Å²) in [5, 5.41) is 6.15. The van der Waals surface area contributed by atoms with E-state index in [0.717, 1.165) is 11.4 Å². The summed E-state index contributed by atoms with van der Waals surface area (Å²) in [5.41, 5.74) is 1.91. The summed E-state index contributed by atoms with van der Waals surface area (Å²) in [7, 11) is -3.51. The lowest BCUT2D eigenvalue weighted by Crippen LogP contribution is -2.11. The smallest absolute Gasteiger partial charge is 0.201 e. The third-order valence-corrected chi connectivity index (χ3v) is 4.05. The maximum absolute atomic E-state index is 12.0. The molecular weight excluding hydrogens is 264 g/mol. The Hall–Kier alpha value is -2.02. The summed E-state index contributed by atoms with van der Waals surface area (Å²) in [5.74, 6) is 0.109. The standard InChI is InChI=1S/C12H14N4O2S/c1-8(12-14-9(2)6-10(3)15-12)7-19(17,18)11-4-5-13-16-11/h4-6H,1,7H2,2-3H3,(H,13,16). The van der Waals surface area contributed by atoms with Crippen LogP contribution in [0.15, 0.2) is 29.9 Å². The van der Waals surface area contributed by atoms with Crippen molar-refractivity contribution in [1.82, 2.24) is 20.2 Å². The summed E-state index contributed by atoms with van der Waals surface area (Å²) >= 11 is 0. The van der Waals surface area contributed by atoms with Gasteiger partial charge in [0.05, 0.1) is 5.75 Å². The zero-order valence-electron chi connectivity index (χ0n) is 10.7. The number of nitrogens with one attached hydrogen (secondary N) is 1. The van der Waals surface area contributed by atoms with Gasteiger partial charge >= 0.3 is 0 Å². The number of nitrogens with zero attached hydrogens (tertiary/aromatic N) is 3. The Morgan fingerprint density at radius 1 is 1.32 bits per heavy atom. The monoisotopic (exact) mass is 278 g/mol. The fraction of sp³-hybridized carbons (Fsp3) is 0.250. The first-order chi connectivity index (χ1) is 8.88. The van der Waals surface area contributed by atoms with E-state index in [4.69, 9.17) is 0 Å². The van der Waals surface area contributed by atoms with Crippen LogP contribution in [-0.4, -0.2) is 34.3 Å². The molecule has 2 heterocycles. The fourth-order valence-corrected chi connectivity index (χ4v) is 2.87. The summed E-state index contributed by atoms with van der Waals surface area (Å²) < 4.78 is 24.1. The van der Waals surface area contributed by atoms with Crippen molar-refractivity contribution in [3.63, 3.8) is 0 Å². The minimum absolute atomic E-state index is 0.00183. The first-order valence-electron chi connectivity index (χ1n) is 5.61. The summed E-state index contributed by atoms with van der Waals surface area (Å²) in [6.45, 7) is 7.41. The lowest BCUT2D eigenvalue weighted by molar-refractivity contribution is 0.595. The van der Waals surface area contributed by atoms with Gasteiger partial charge in [-0.3, -0.25) is 5.10 Å². The predicted octanol–water partition coefficient (Wildman–Crippen LogP) is 1.30. The Morgan fingerprint density at radius 2 is 1.95 bits per heavy atom. The van der Waals surface area contributed by atoms with Crippen LogP contribution >= 0.6 is 0 Å². The summed E-state index contributed by atoms with van der Waals surface area (Å²) in [6.07, 6.45) is 1.46. The highest BCUT2D eigenvalue weighted by Crippen LogP contribution is 2.16. The second kappa shape index (κ2) is 4.93. The highest BCUT2D eigenvalue weighted by atomic mass is 32.2. The Morgan fingerprint density at radius 3 is 2.47 bits per heavy atom. The molecule has 0 saturated heterocycles. The first-order valence-corrected chi connectivity index (χ1v) is 7.27. The average molecular weight is 278 g/mol. The molecule has 0 aliphatic rings. The zero-order valence-corrected chi connectivity index (χ0v) is 11.5. The van der Waals surface area contributed by atoms with Crippen molar-refractivity contribution in [3.8, 4) is 0 Å². The molecule has 0 saturated carbocycles. The minimum Gasteiger partial charge on any atom is -0.284 e. The SMILES string of the molecule is C=C(CS(=O)(=O)c1cc[nH]n1)c1nc(C)cc(C)n1. The molecule has 0 aromatic carbocycles. The van der Waals surface area contributed by atoms with Crippen LogP contribution in [0.1, 0.15) is 17.2 Å². The molecule has 19 heavy (non-hydrogen) atoms. The lowest BCUT2D eigenvalue weighted by Gasteiger charge is -2.06. The van der Waals surface area contributed by atoms with Gasteiger partial charge in [-0.2, -0.15) is 5.10 Å². The quantitative estimate of drug-likeness (QED) is 0.910. The molecule has 7 heteroatoms. The van der Waals surface area contributed by atoms with Crippen LogP contribution in [0.25, 0.3) is 5.57 Å². The van der Waals surface area contributed by atoms with Crippen molar-refractivity contribution in [2.24, 2.45) is 0 Å². The number of aryl methyl sites for hydroxylation is 2. The molecule has 0 atom stereocenters. The van der Waals surface area contributed by atoms with E-state index in [9.17, 15) is 8.42 Å². The van der Waals surface area contributed by atoms with Crippen LogP contribution in [0.3, 0.4) is 0 Å². The molecule has 2 rings (SSSR count). The molecule has 0 radical (unpaired) electrons. The van der Waals surface area contributed by atoms with Gasteiger partial charge in [-0.05, 0) is 26.0 Å². The molecule has 0 bridgehead atoms. The van der Waals surface area contributed by atoms with Gasteiger partial charge < -0.3 is 0 Å². The maximum atomic E-state index is 12.0. The van der Waals surface area contributed by atoms with Gasteiger partial charge in [0, 0.05) is 23.2 Å². The van der Waals surface area contributed by atoms with Crippen LogP contribution in [0, 0.1) is 13.8 Å². The van der Waals surface area contributed by atoms with Gasteiger partial charge in [-0.25, -0.2) is 18.4 Å². The van der Waals surface area contributed by atoms with E-state index < -0.39 is 9.84 Å². The van der Waals surface area contributed by atoms with Gasteiger partial charge in [0.15, 0.2) is 10.9 Å². The highest BCUT2D eigenvalue weighted by Gasteiger charge is 2.20. The van der Waals surface area contributed by atoms with E-state index in [1.165, 1.54) is 12.3 Å². The van der Waals surface area contributed by atoms with E-state index in [1.807, 2.05) is 19.9 Å². The maximum Gasteiger partial charge on any atom is 0.201 e. The molecule has 0 spiro atoms. The molecule has 0 aliphatic carbocycles. The van der Waals surface area contributed by atoms with Crippen molar-refractivity contribution >= 4 is 15.4 Å².